The maximum absolute atomic E-state index is 13.6. The van der Waals surface area contributed by atoms with Gasteiger partial charge in [0.25, 0.3) is 0 Å². The van der Waals surface area contributed by atoms with Crippen LogP contribution in [0.3, 0.4) is 0 Å². The summed E-state index contributed by atoms with van der Waals surface area (Å²) in [6, 6.07) is 8.36. The molecule has 7 heteroatoms. The number of halogens is 1. The minimum atomic E-state index is -0.618. The molecule has 0 aliphatic rings. The van der Waals surface area contributed by atoms with Crippen molar-refractivity contribution >= 4 is 17.0 Å². The van der Waals surface area contributed by atoms with E-state index in [-0.39, 0.29) is 12.4 Å². The molecule has 2 aromatic heterocycles. The van der Waals surface area contributed by atoms with Crippen molar-refractivity contribution in [2.24, 2.45) is 5.92 Å². The Labute approximate surface area is 200 Å². The number of hydrogen-bond acceptors (Lipinski definition) is 5. The molecule has 0 aliphatic heterocycles. The highest BCUT2D eigenvalue weighted by Crippen LogP contribution is 2.30. The van der Waals surface area contributed by atoms with E-state index in [9.17, 15) is 9.18 Å². The van der Waals surface area contributed by atoms with Crippen LogP contribution in [0.4, 0.5) is 9.18 Å². The number of amides is 1. The topological polar surface area (TPSA) is 73.3 Å². The third-order valence-electron chi connectivity index (χ3n) is 5.25. The van der Waals surface area contributed by atoms with Gasteiger partial charge in [-0.05, 0) is 76.8 Å². The fourth-order valence-electron chi connectivity index (χ4n) is 4.02. The van der Waals surface area contributed by atoms with E-state index in [1.54, 1.807) is 18.5 Å². The quantitative estimate of drug-likeness (QED) is 0.432. The predicted octanol–water partition coefficient (Wildman–Crippen LogP) is 6.45. The molecular weight excluding hydrogens is 433 g/mol. The lowest BCUT2D eigenvalue weighted by Crippen LogP contribution is -2.52. The molecule has 6 nitrogen and oxygen atoms in total. The van der Waals surface area contributed by atoms with Gasteiger partial charge in [0.1, 0.15) is 23.8 Å². The van der Waals surface area contributed by atoms with E-state index in [4.69, 9.17) is 9.47 Å². The van der Waals surface area contributed by atoms with Crippen LogP contribution < -0.4 is 10.1 Å². The van der Waals surface area contributed by atoms with Gasteiger partial charge in [-0.15, -0.1) is 0 Å². The largest absolute Gasteiger partial charge is 0.489 e. The van der Waals surface area contributed by atoms with Crippen LogP contribution in [0, 0.1) is 18.7 Å². The highest BCUT2D eigenvalue weighted by molar-refractivity contribution is 5.93. The Balaban J connectivity index is 1.80. The van der Waals surface area contributed by atoms with Crippen LogP contribution >= 0.6 is 0 Å². The maximum atomic E-state index is 13.6. The van der Waals surface area contributed by atoms with Crippen molar-refractivity contribution in [1.82, 2.24) is 15.3 Å². The molecule has 0 saturated heterocycles. The molecule has 0 spiro atoms. The SMILES string of the molecule is Cc1cc(-c2ccnc3cc(F)ccc23)ncc1OCC(C)(CC(C)C)NC(=O)OC(C)(C)C. The highest BCUT2D eigenvalue weighted by Gasteiger charge is 2.31. The number of fused-ring (bicyclic) bond motifs is 1. The molecule has 3 aromatic rings. The average molecular weight is 468 g/mol. The van der Waals surface area contributed by atoms with Crippen molar-refractivity contribution in [1.29, 1.82) is 0 Å². The molecule has 1 amide bonds. The van der Waals surface area contributed by atoms with Gasteiger partial charge in [0.2, 0.25) is 0 Å². The lowest BCUT2D eigenvalue weighted by molar-refractivity contribution is 0.0407. The van der Waals surface area contributed by atoms with Crippen LogP contribution in [0.15, 0.2) is 42.7 Å². The van der Waals surface area contributed by atoms with Crippen LogP contribution in [0.25, 0.3) is 22.2 Å². The molecule has 182 valence electrons. The first-order chi connectivity index (χ1) is 15.8. The second-order valence-electron chi connectivity index (χ2n) is 10.4. The first-order valence-corrected chi connectivity index (χ1v) is 11.5. The standard InChI is InChI=1S/C27H34FN3O3/c1-17(2)14-27(7,31-25(32)34-26(4,5)6)16-33-24-15-30-22(12-18(24)3)21-10-11-29-23-13-19(28)8-9-20(21)23/h8-13,15,17H,14,16H2,1-7H3,(H,31,32). The molecule has 1 unspecified atom stereocenters. The van der Waals surface area contributed by atoms with Crippen LogP contribution in [0.1, 0.15) is 53.5 Å². The number of pyridine rings is 2. The van der Waals surface area contributed by atoms with E-state index in [1.165, 1.54) is 12.1 Å². The van der Waals surface area contributed by atoms with Crippen molar-refractivity contribution < 1.29 is 18.7 Å². The molecule has 0 radical (unpaired) electrons. The van der Waals surface area contributed by atoms with Gasteiger partial charge in [0, 0.05) is 23.2 Å². The van der Waals surface area contributed by atoms with Crippen LogP contribution in [0.5, 0.6) is 5.75 Å². The second kappa shape index (κ2) is 9.95. The highest BCUT2D eigenvalue weighted by atomic mass is 19.1. The van der Waals surface area contributed by atoms with Gasteiger partial charge in [0.15, 0.2) is 0 Å². The number of aryl methyl sites for hydroxylation is 1. The molecule has 1 aromatic carbocycles. The number of benzene rings is 1. The van der Waals surface area contributed by atoms with Gasteiger partial charge >= 0.3 is 6.09 Å². The minimum absolute atomic E-state index is 0.268. The lowest BCUT2D eigenvalue weighted by atomic mass is 9.91. The normalized spacial score (nSPS) is 13.6. The Bertz CT molecular complexity index is 1170. The number of carbonyl (C=O) groups is 1. The number of aromatic nitrogens is 2. The van der Waals surface area contributed by atoms with Gasteiger partial charge in [-0.25, -0.2) is 9.18 Å². The molecule has 2 heterocycles. The van der Waals surface area contributed by atoms with Crippen molar-refractivity contribution in [2.45, 2.75) is 66.0 Å². The number of hydrogen-bond donors (Lipinski definition) is 1. The van der Waals surface area contributed by atoms with E-state index in [2.05, 4.69) is 29.1 Å². The van der Waals surface area contributed by atoms with Gasteiger partial charge in [-0.3, -0.25) is 9.97 Å². The minimum Gasteiger partial charge on any atom is -0.489 e. The van der Waals surface area contributed by atoms with Gasteiger partial charge < -0.3 is 14.8 Å². The fraction of sp³-hybridized carbons (Fsp3) is 0.444. The molecule has 3 rings (SSSR count). The summed E-state index contributed by atoms with van der Waals surface area (Å²) in [6.45, 7) is 13.9. The third kappa shape index (κ3) is 6.65. The fourth-order valence-corrected chi connectivity index (χ4v) is 4.02. The Morgan fingerprint density at radius 3 is 2.50 bits per heavy atom. The Morgan fingerprint density at radius 2 is 1.85 bits per heavy atom. The molecule has 0 saturated carbocycles. The van der Waals surface area contributed by atoms with E-state index < -0.39 is 17.2 Å². The Morgan fingerprint density at radius 1 is 1.12 bits per heavy atom. The Kier molecular flexibility index (Phi) is 7.44. The van der Waals surface area contributed by atoms with Gasteiger partial charge in [0.05, 0.1) is 22.9 Å². The second-order valence-corrected chi connectivity index (χ2v) is 10.4. The van der Waals surface area contributed by atoms with E-state index >= 15 is 0 Å². The van der Waals surface area contributed by atoms with Crippen molar-refractivity contribution in [3.63, 3.8) is 0 Å². The first-order valence-electron chi connectivity index (χ1n) is 11.5. The monoisotopic (exact) mass is 467 g/mol. The third-order valence-corrected chi connectivity index (χ3v) is 5.25. The average Bonchev–Trinajstić information content (AvgIpc) is 2.70. The molecule has 0 aliphatic carbocycles. The summed E-state index contributed by atoms with van der Waals surface area (Å²) in [5.41, 5.74) is 1.91. The lowest BCUT2D eigenvalue weighted by Gasteiger charge is -2.33. The smallest absolute Gasteiger partial charge is 0.408 e. The molecule has 34 heavy (non-hydrogen) atoms. The van der Waals surface area contributed by atoms with Gasteiger partial charge in [-0.1, -0.05) is 13.8 Å². The maximum Gasteiger partial charge on any atom is 0.408 e. The number of nitrogens with zero attached hydrogens (tertiary/aromatic N) is 2. The van der Waals surface area contributed by atoms with Gasteiger partial charge in [-0.2, -0.15) is 0 Å². The number of ether oxygens (including phenoxy) is 2. The predicted molar refractivity (Wildman–Crippen MR) is 132 cm³/mol. The summed E-state index contributed by atoms with van der Waals surface area (Å²) in [5.74, 6) is 0.651. The van der Waals surface area contributed by atoms with E-state index in [1.807, 2.05) is 46.8 Å². The van der Waals surface area contributed by atoms with Crippen molar-refractivity contribution in [3.05, 3.63) is 54.1 Å². The van der Waals surface area contributed by atoms with Crippen LogP contribution in [-0.2, 0) is 4.74 Å². The number of alkyl carbamates (subject to hydrolysis) is 1. The molecule has 1 atom stereocenters. The van der Waals surface area contributed by atoms with E-state index in [0.29, 0.717) is 17.2 Å². The summed E-state index contributed by atoms with van der Waals surface area (Å²) < 4.78 is 25.2. The molecular formula is C27H34FN3O3. The van der Waals surface area contributed by atoms with Crippen LogP contribution in [-0.4, -0.2) is 33.8 Å². The Hall–Kier alpha value is -3.22. The number of nitrogens with one attached hydrogen (secondary N) is 1. The summed E-state index contributed by atoms with van der Waals surface area (Å²) in [5, 5.41) is 3.82. The number of rotatable bonds is 7. The summed E-state index contributed by atoms with van der Waals surface area (Å²) in [7, 11) is 0. The summed E-state index contributed by atoms with van der Waals surface area (Å²) in [6.07, 6.45) is 3.59. The number of carbonyl (C=O) groups excluding carboxylic acids is 1. The zero-order valence-corrected chi connectivity index (χ0v) is 21.0. The van der Waals surface area contributed by atoms with Crippen LogP contribution in [0.2, 0.25) is 0 Å². The molecule has 0 fully saturated rings. The summed E-state index contributed by atoms with van der Waals surface area (Å²) in [4.78, 5) is 21.3. The summed E-state index contributed by atoms with van der Waals surface area (Å²) >= 11 is 0. The van der Waals surface area contributed by atoms with Crippen molar-refractivity contribution in [3.8, 4) is 17.0 Å². The van der Waals surface area contributed by atoms with Crippen molar-refractivity contribution in [2.75, 3.05) is 6.61 Å². The zero-order valence-electron chi connectivity index (χ0n) is 21.0. The first kappa shape index (κ1) is 25.4. The zero-order chi connectivity index (χ0) is 25.1. The van der Waals surface area contributed by atoms with E-state index in [0.717, 1.165) is 28.6 Å². The molecule has 0 bridgehead atoms. The molecule has 1 N–H and O–H groups in total.